The highest BCUT2D eigenvalue weighted by atomic mass is 16.4. The first-order valence-electron chi connectivity index (χ1n) is 5.35. The highest BCUT2D eigenvalue weighted by molar-refractivity contribution is 5.70. The lowest BCUT2D eigenvalue weighted by Crippen LogP contribution is -2.39. The van der Waals surface area contributed by atoms with E-state index in [-0.39, 0.29) is 11.3 Å². The summed E-state index contributed by atoms with van der Waals surface area (Å²) in [6.07, 6.45) is 3.18. The average Bonchev–Trinajstić information content (AvgIpc) is 2.14. The van der Waals surface area contributed by atoms with Crippen molar-refractivity contribution < 1.29 is 9.90 Å². The SMILES string of the molecule is CCCCC(C)(CNC)C(C)C(=O)O. The quantitative estimate of drug-likeness (QED) is 0.663. The molecule has 0 fully saturated rings. The van der Waals surface area contributed by atoms with Gasteiger partial charge < -0.3 is 10.4 Å². The van der Waals surface area contributed by atoms with Gasteiger partial charge in [0.15, 0.2) is 0 Å². The van der Waals surface area contributed by atoms with E-state index < -0.39 is 5.97 Å². The molecule has 0 spiro atoms. The molecule has 2 atom stereocenters. The van der Waals surface area contributed by atoms with Gasteiger partial charge in [0, 0.05) is 6.54 Å². The molecule has 2 N–H and O–H groups in total. The summed E-state index contributed by atoms with van der Waals surface area (Å²) < 4.78 is 0. The number of unbranched alkanes of at least 4 members (excludes halogenated alkanes) is 1. The number of aliphatic carboxylic acids is 1. The third kappa shape index (κ3) is 3.66. The fraction of sp³-hybridized carbons (Fsp3) is 0.909. The fourth-order valence-electron chi connectivity index (χ4n) is 1.74. The van der Waals surface area contributed by atoms with Crippen molar-refractivity contribution in [1.82, 2.24) is 5.32 Å². The summed E-state index contributed by atoms with van der Waals surface area (Å²) in [6, 6.07) is 0. The second kappa shape index (κ2) is 6.02. The largest absolute Gasteiger partial charge is 0.481 e. The zero-order chi connectivity index (χ0) is 11.2. The summed E-state index contributed by atoms with van der Waals surface area (Å²) in [6.45, 7) is 6.75. The highest BCUT2D eigenvalue weighted by Crippen LogP contribution is 2.32. The lowest BCUT2D eigenvalue weighted by molar-refractivity contribution is -0.145. The third-order valence-electron chi connectivity index (χ3n) is 3.10. The summed E-state index contributed by atoms with van der Waals surface area (Å²) in [5.41, 5.74) is -0.128. The number of hydrogen-bond donors (Lipinski definition) is 2. The Morgan fingerprint density at radius 1 is 1.57 bits per heavy atom. The van der Waals surface area contributed by atoms with Crippen LogP contribution in [0, 0.1) is 11.3 Å². The van der Waals surface area contributed by atoms with Crippen molar-refractivity contribution in [3.63, 3.8) is 0 Å². The van der Waals surface area contributed by atoms with Crippen LogP contribution in [-0.2, 0) is 4.79 Å². The molecule has 3 nitrogen and oxygen atoms in total. The second-order valence-electron chi connectivity index (χ2n) is 4.35. The molecule has 0 radical (unpaired) electrons. The zero-order valence-electron chi connectivity index (χ0n) is 9.76. The topological polar surface area (TPSA) is 49.3 Å². The molecule has 0 aromatic rings. The molecule has 0 heterocycles. The van der Waals surface area contributed by atoms with E-state index in [1.165, 1.54) is 0 Å². The van der Waals surface area contributed by atoms with Crippen molar-refractivity contribution in [3.8, 4) is 0 Å². The maximum Gasteiger partial charge on any atom is 0.306 e. The highest BCUT2D eigenvalue weighted by Gasteiger charge is 2.34. The maximum absolute atomic E-state index is 11.0. The minimum atomic E-state index is -0.696. The van der Waals surface area contributed by atoms with Crippen LogP contribution in [0.1, 0.15) is 40.0 Å². The van der Waals surface area contributed by atoms with Gasteiger partial charge in [-0.25, -0.2) is 0 Å². The number of carboxylic acids is 1. The van der Waals surface area contributed by atoms with E-state index in [1.54, 1.807) is 6.92 Å². The molecule has 0 aliphatic heterocycles. The fourth-order valence-corrected chi connectivity index (χ4v) is 1.74. The molecular weight excluding hydrogens is 178 g/mol. The van der Waals surface area contributed by atoms with Gasteiger partial charge in [-0.15, -0.1) is 0 Å². The molecule has 2 unspecified atom stereocenters. The lowest BCUT2D eigenvalue weighted by Gasteiger charge is -2.33. The number of nitrogens with one attached hydrogen (secondary N) is 1. The van der Waals surface area contributed by atoms with Gasteiger partial charge in [-0.3, -0.25) is 4.79 Å². The van der Waals surface area contributed by atoms with Crippen LogP contribution in [0.4, 0.5) is 0 Å². The predicted octanol–water partition coefficient (Wildman–Crippen LogP) is 2.12. The Bertz CT molecular complexity index is 182. The van der Waals surface area contributed by atoms with Crippen molar-refractivity contribution in [2.24, 2.45) is 11.3 Å². The van der Waals surface area contributed by atoms with E-state index in [2.05, 4.69) is 19.2 Å². The van der Waals surface area contributed by atoms with Gasteiger partial charge >= 0.3 is 5.97 Å². The maximum atomic E-state index is 11.0. The first kappa shape index (κ1) is 13.4. The molecule has 0 aromatic heterocycles. The van der Waals surface area contributed by atoms with E-state index in [1.807, 2.05) is 7.05 Å². The van der Waals surface area contributed by atoms with Gasteiger partial charge in [0.1, 0.15) is 0 Å². The lowest BCUT2D eigenvalue weighted by atomic mass is 9.74. The van der Waals surface area contributed by atoms with Crippen LogP contribution in [0.5, 0.6) is 0 Å². The van der Waals surface area contributed by atoms with Crippen molar-refractivity contribution in [3.05, 3.63) is 0 Å². The van der Waals surface area contributed by atoms with Crippen LogP contribution in [0.2, 0.25) is 0 Å². The molecule has 14 heavy (non-hydrogen) atoms. The molecule has 0 saturated carbocycles. The molecular formula is C11H23NO2. The molecule has 3 heteroatoms. The summed E-state index contributed by atoms with van der Waals surface area (Å²) in [5.74, 6) is -0.986. The average molecular weight is 201 g/mol. The third-order valence-corrected chi connectivity index (χ3v) is 3.10. The molecule has 84 valence electrons. The standard InChI is InChI=1S/C11H23NO2/c1-5-6-7-11(3,8-12-4)9(2)10(13)14/h9,12H,5-8H2,1-4H3,(H,13,14). The summed E-state index contributed by atoms with van der Waals surface area (Å²) in [4.78, 5) is 11.0. The normalized spacial score (nSPS) is 17.4. The summed E-state index contributed by atoms with van der Waals surface area (Å²) in [7, 11) is 1.87. The number of carboxylic acid groups (broad SMARTS) is 1. The molecule has 0 aliphatic carbocycles. The first-order valence-corrected chi connectivity index (χ1v) is 5.35. The van der Waals surface area contributed by atoms with Crippen molar-refractivity contribution in [1.29, 1.82) is 0 Å². The van der Waals surface area contributed by atoms with E-state index in [0.717, 1.165) is 25.8 Å². The van der Waals surface area contributed by atoms with Crippen LogP contribution in [0.3, 0.4) is 0 Å². The zero-order valence-corrected chi connectivity index (χ0v) is 9.76. The number of rotatable bonds is 7. The van der Waals surface area contributed by atoms with Crippen molar-refractivity contribution in [2.75, 3.05) is 13.6 Å². The number of hydrogen-bond acceptors (Lipinski definition) is 2. The Balaban J connectivity index is 4.43. The Morgan fingerprint density at radius 2 is 2.14 bits per heavy atom. The minimum absolute atomic E-state index is 0.128. The molecule has 0 amide bonds. The van der Waals surface area contributed by atoms with Crippen LogP contribution in [-0.4, -0.2) is 24.7 Å². The molecule has 0 aromatic carbocycles. The van der Waals surface area contributed by atoms with E-state index in [9.17, 15) is 4.79 Å². The monoisotopic (exact) mass is 201 g/mol. The first-order chi connectivity index (χ1) is 6.48. The van der Waals surface area contributed by atoms with E-state index in [4.69, 9.17) is 5.11 Å². The number of carbonyl (C=O) groups is 1. The predicted molar refractivity (Wildman–Crippen MR) is 58.4 cm³/mol. The van der Waals surface area contributed by atoms with Crippen molar-refractivity contribution >= 4 is 5.97 Å². The molecule has 0 aliphatic rings. The van der Waals surface area contributed by atoms with Gasteiger partial charge in [0.05, 0.1) is 5.92 Å². The Kier molecular flexibility index (Phi) is 5.77. The van der Waals surface area contributed by atoms with E-state index in [0.29, 0.717) is 0 Å². The smallest absolute Gasteiger partial charge is 0.306 e. The van der Waals surface area contributed by atoms with Crippen LogP contribution in [0.15, 0.2) is 0 Å². The van der Waals surface area contributed by atoms with Gasteiger partial charge in [0.25, 0.3) is 0 Å². The summed E-state index contributed by atoms with van der Waals surface area (Å²) in [5, 5.41) is 12.1. The molecule has 0 rings (SSSR count). The van der Waals surface area contributed by atoms with Gasteiger partial charge in [-0.2, -0.15) is 0 Å². The van der Waals surface area contributed by atoms with Gasteiger partial charge in [0.2, 0.25) is 0 Å². The van der Waals surface area contributed by atoms with Crippen LogP contribution < -0.4 is 5.32 Å². The van der Waals surface area contributed by atoms with E-state index >= 15 is 0 Å². The summed E-state index contributed by atoms with van der Waals surface area (Å²) >= 11 is 0. The molecule has 0 bridgehead atoms. The Hall–Kier alpha value is -0.570. The Labute approximate surface area is 86.9 Å². The van der Waals surface area contributed by atoms with Crippen molar-refractivity contribution in [2.45, 2.75) is 40.0 Å². The second-order valence-corrected chi connectivity index (χ2v) is 4.35. The Morgan fingerprint density at radius 3 is 2.50 bits per heavy atom. The molecule has 0 saturated heterocycles. The van der Waals surface area contributed by atoms with Crippen LogP contribution in [0.25, 0.3) is 0 Å². The minimum Gasteiger partial charge on any atom is -0.481 e. The van der Waals surface area contributed by atoms with Crippen LogP contribution >= 0.6 is 0 Å². The van der Waals surface area contributed by atoms with Gasteiger partial charge in [-0.05, 0) is 18.9 Å². The van der Waals surface area contributed by atoms with Gasteiger partial charge in [-0.1, -0.05) is 33.6 Å².